The van der Waals surface area contributed by atoms with E-state index in [0.29, 0.717) is 25.3 Å². The van der Waals surface area contributed by atoms with Gasteiger partial charge in [0.05, 0.1) is 29.8 Å². The van der Waals surface area contributed by atoms with Gasteiger partial charge in [0.15, 0.2) is 0 Å². The van der Waals surface area contributed by atoms with Crippen molar-refractivity contribution < 1.29 is 27.9 Å². The monoisotopic (exact) mass is 387 g/mol. The van der Waals surface area contributed by atoms with Crippen molar-refractivity contribution in [2.45, 2.75) is 26.8 Å². The summed E-state index contributed by atoms with van der Waals surface area (Å²) in [6, 6.07) is -0.449. The van der Waals surface area contributed by atoms with Gasteiger partial charge in [-0.15, -0.1) is 0 Å². The molecule has 2 N–H and O–H groups in total. The summed E-state index contributed by atoms with van der Waals surface area (Å²) in [6.45, 7) is 6.52. The molecule has 3 rings (SSSR count). The normalized spacial score (nSPS) is 25.4. The lowest BCUT2D eigenvalue weighted by Crippen LogP contribution is -2.54. The van der Waals surface area contributed by atoms with E-state index >= 15 is 0 Å². The van der Waals surface area contributed by atoms with Crippen molar-refractivity contribution in [1.82, 2.24) is 14.5 Å². The Labute approximate surface area is 153 Å². The summed E-state index contributed by atoms with van der Waals surface area (Å²) < 4.78 is 24.9. The van der Waals surface area contributed by atoms with E-state index in [1.54, 1.807) is 11.0 Å². The molecule has 0 aromatic rings. The lowest BCUT2D eigenvalue weighted by molar-refractivity contribution is -0.139. The van der Waals surface area contributed by atoms with E-state index in [1.165, 1.54) is 0 Å². The molecule has 10 heteroatoms. The van der Waals surface area contributed by atoms with Gasteiger partial charge >= 0.3 is 0 Å². The van der Waals surface area contributed by atoms with E-state index in [-0.39, 0.29) is 17.7 Å². The van der Waals surface area contributed by atoms with Gasteiger partial charge in [-0.3, -0.25) is 14.4 Å². The first-order chi connectivity index (χ1) is 12.0. The molecule has 2 atom stereocenters. The molecule has 9 nitrogen and oxygen atoms in total. The molecule has 0 radical (unpaired) electrons. The van der Waals surface area contributed by atoms with Crippen molar-refractivity contribution in [3.63, 3.8) is 0 Å². The van der Waals surface area contributed by atoms with Crippen molar-refractivity contribution in [2.75, 3.05) is 25.9 Å². The highest BCUT2D eigenvalue weighted by Gasteiger charge is 2.55. The first kappa shape index (κ1) is 20.4. The zero-order chi connectivity index (χ0) is 19.8. The molecule has 3 aliphatic rings. The summed E-state index contributed by atoms with van der Waals surface area (Å²) >= 11 is 0. The summed E-state index contributed by atoms with van der Waals surface area (Å²) in [6.07, 6.45) is 2.74. The van der Waals surface area contributed by atoms with Gasteiger partial charge in [-0.1, -0.05) is 13.8 Å². The molecule has 0 aromatic heterocycles. The van der Waals surface area contributed by atoms with Crippen LogP contribution in [0.5, 0.6) is 0 Å². The van der Waals surface area contributed by atoms with E-state index in [4.69, 9.17) is 9.90 Å². The third-order valence-corrected chi connectivity index (χ3v) is 5.71. The Morgan fingerprint density at radius 2 is 1.85 bits per heavy atom. The molecule has 2 saturated heterocycles. The van der Waals surface area contributed by atoms with Crippen LogP contribution in [0.2, 0.25) is 0 Å². The molecular formula is C16H25N3O6S. The summed E-state index contributed by atoms with van der Waals surface area (Å²) in [5.41, 5.74) is 0.451. The van der Waals surface area contributed by atoms with Crippen molar-refractivity contribution in [3.8, 4) is 0 Å². The zero-order valence-electron chi connectivity index (χ0n) is 15.3. The molecule has 0 aromatic carbocycles. The maximum absolute atomic E-state index is 12.6. The van der Waals surface area contributed by atoms with Crippen LogP contribution >= 0.6 is 0 Å². The van der Waals surface area contributed by atoms with Crippen molar-refractivity contribution in [2.24, 2.45) is 17.8 Å². The fourth-order valence-corrected chi connectivity index (χ4v) is 4.51. The molecule has 0 unspecified atom stereocenters. The Hall–Kier alpha value is -1.94. The first-order valence-corrected chi connectivity index (χ1v) is 10.3. The van der Waals surface area contributed by atoms with Crippen LogP contribution < -0.4 is 5.32 Å². The molecule has 0 aliphatic carbocycles. The fourth-order valence-electron chi connectivity index (χ4n) is 3.49. The minimum Gasteiger partial charge on any atom is -0.481 e. The number of carbonyl (C=O) groups excluding carboxylic acids is 2. The summed E-state index contributed by atoms with van der Waals surface area (Å²) in [5.74, 6) is -1.86. The SMILES string of the molecule is CC(=O)O.CC(C)[C@@H]1C(=O)N(S(C)(=O)=O)C2=CCN(C(=O)C3CNC3)[C@H]21. The molecule has 0 spiro atoms. The minimum atomic E-state index is -3.67. The van der Waals surface area contributed by atoms with Gasteiger partial charge in [-0.2, -0.15) is 0 Å². The van der Waals surface area contributed by atoms with Crippen LogP contribution in [0.4, 0.5) is 0 Å². The van der Waals surface area contributed by atoms with E-state index in [0.717, 1.165) is 17.5 Å². The van der Waals surface area contributed by atoms with E-state index in [1.807, 2.05) is 13.8 Å². The Kier molecular flexibility index (Phi) is 5.76. The number of carboxylic acid groups (broad SMARTS) is 1. The first-order valence-electron chi connectivity index (χ1n) is 8.41. The predicted octanol–water partition coefficient (Wildman–Crippen LogP) is -0.535. The maximum atomic E-state index is 12.6. The van der Waals surface area contributed by atoms with Crippen molar-refractivity contribution in [1.29, 1.82) is 0 Å². The highest BCUT2D eigenvalue weighted by molar-refractivity contribution is 7.89. The number of nitrogens with zero attached hydrogens (tertiary/aromatic N) is 2. The fraction of sp³-hybridized carbons (Fsp3) is 0.688. The largest absolute Gasteiger partial charge is 0.481 e. The smallest absolute Gasteiger partial charge is 0.300 e. The van der Waals surface area contributed by atoms with Crippen LogP contribution in [0.25, 0.3) is 0 Å². The number of carbonyl (C=O) groups is 3. The number of hydrogen-bond acceptors (Lipinski definition) is 6. The number of sulfonamides is 1. The minimum absolute atomic E-state index is 0.00352. The summed E-state index contributed by atoms with van der Waals surface area (Å²) in [5, 5.41) is 10.5. The maximum Gasteiger partial charge on any atom is 0.300 e. The van der Waals surface area contributed by atoms with Gasteiger partial charge in [0.25, 0.3) is 5.97 Å². The van der Waals surface area contributed by atoms with Gasteiger partial charge in [0.1, 0.15) is 0 Å². The molecule has 0 saturated carbocycles. The van der Waals surface area contributed by atoms with E-state index in [9.17, 15) is 18.0 Å². The molecule has 3 heterocycles. The lowest BCUT2D eigenvalue weighted by atomic mass is 9.88. The van der Waals surface area contributed by atoms with Crippen molar-refractivity contribution in [3.05, 3.63) is 11.8 Å². The van der Waals surface area contributed by atoms with Crippen LogP contribution in [-0.2, 0) is 24.4 Å². The molecule has 2 fully saturated rings. The third-order valence-electron chi connectivity index (χ3n) is 4.66. The highest BCUT2D eigenvalue weighted by Crippen LogP contribution is 2.41. The molecule has 2 amide bonds. The van der Waals surface area contributed by atoms with Gasteiger partial charge < -0.3 is 15.3 Å². The summed E-state index contributed by atoms with van der Waals surface area (Å²) in [4.78, 5) is 35.8. The van der Waals surface area contributed by atoms with Gasteiger partial charge in [0.2, 0.25) is 21.8 Å². The second-order valence-electron chi connectivity index (χ2n) is 7.07. The quantitative estimate of drug-likeness (QED) is 0.667. The number of carboxylic acids is 1. The van der Waals surface area contributed by atoms with Crippen LogP contribution in [0.1, 0.15) is 20.8 Å². The van der Waals surface area contributed by atoms with Gasteiger partial charge in [-0.05, 0) is 12.0 Å². The molecule has 3 aliphatic heterocycles. The topological polar surface area (TPSA) is 124 Å². The standard InChI is InChI=1S/C14H21N3O4S.C2H4O2/c1-8(2)11-12-10(17(14(11)19)22(3,20)21)4-5-16(12)13(18)9-6-15-7-9;1-2(3)4/h4,8-9,11-12,15H,5-7H2,1-3H3;1H3,(H,3,4)/t11-,12+;/m0./s1. The number of nitrogens with one attached hydrogen (secondary N) is 1. The molecule has 146 valence electrons. The number of fused-ring (bicyclic) bond motifs is 1. The van der Waals surface area contributed by atoms with Gasteiger partial charge in [-0.25, -0.2) is 12.7 Å². The van der Waals surface area contributed by atoms with Crippen LogP contribution in [-0.4, -0.2) is 72.4 Å². The Balaban J connectivity index is 0.000000552. The average Bonchev–Trinajstić information content (AvgIpc) is 2.90. The number of hydrogen-bond donors (Lipinski definition) is 2. The predicted molar refractivity (Wildman–Crippen MR) is 93.3 cm³/mol. The summed E-state index contributed by atoms with van der Waals surface area (Å²) in [7, 11) is -3.67. The Morgan fingerprint density at radius 1 is 1.31 bits per heavy atom. The molecule has 0 bridgehead atoms. The average molecular weight is 387 g/mol. The van der Waals surface area contributed by atoms with Crippen LogP contribution in [0, 0.1) is 17.8 Å². The molecular weight excluding hydrogens is 362 g/mol. The number of aliphatic carboxylic acids is 1. The lowest BCUT2D eigenvalue weighted by Gasteiger charge is -2.35. The second-order valence-corrected chi connectivity index (χ2v) is 8.91. The van der Waals surface area contributed by atoms with E-state index in [2.05, 4.69) is 5.32 Å². The van der Waals surface area contributed by atoms with E-state index < -0.39 is 33.9 Å². The van der Waals surface area contributed by atoms with Crippen LogP contribution in [0.15, 0.2) is 11.8 Å². The molecule has 26 heavy (non-hydrogen) atoms. The number of amides is 2. The van der Waals surface area contributed by atoms with Crippen molar-refractivity contribution >= 4 is 27.8 Å². The second kappa shape index (κ2) is 7.36. The zero-order valence-corrected chi connectivity index (χ0v) is 16.1. The van der Waals surface area contributed by atoms with Crippen LogP contribution in [0.3, 0.4) is 0 Å². The highest BCUT2D eigenvalue weighted by atomic mass is 32.2. The Morgan fingerprint density at radius 3 is 2.23 bits per heavy atom. The third kappa shape index (κ3) is 3.75. The Bertz CT molecular complexity index is 737. The van der Waals surface area contributed by atoms with Gasteiger partial charge in [0, 0.05) is 26.6 Å². The number of rotatable bonds is 3.